The lowest BCUT2D eigenvalue weighted by molar-refractivity contribution is -0.117. The Balaban J connectivity index is 2.45. The third kappa shape index (κ3) is 3.74. The summed E-state index contributed by atoms with van der Waals surface area (Å²) in [7, 11) is -1.17. The molecule has 1 aliphatic rings. The van der Waals surface area contributed by atoms with Crippen molar-refractivity contribution in [1.82, 2.24) is 0 Å². The molecule has 1 atom stereocenters. The van der Waals surface area contributed by atoms with Gasteiger partial charge in [0, 0.05) is 0 Å². The van der Waals surface area contributed by atoms with Crippen molar-refractivity contribution < 1.29 is 4.79 Å². The molecule has 13 heavy (non-hydrogen) atoms. The quantitative estimate of drug-likeness (QED) is 0.737. The number of carbonyl (C=O) groups excluding carboxylic acids is 1. The molecule has 1 amide bonds. The fourth-order valence-electron chi connectivity index (χ4n) is 0.820. The van der Waals surface area contributed by atoms with Crippen LogP contribution in [0.4, 0.5) is 0 Å². The Bertz CT molecular complexity index is 249. The highest BCUT2D eigenvalue weighted by Gasteiger charge is 2.28. The van der Waals surface area contributed by atoms with Crippen LogP contribution >= 0.6 is 23.0 Å². The van der Waals surface area contributed by atoms with E-state index in [1.165, 1.54) is 11.8 Å². The average Bonchev–Trinajstić information content (AvgIpc) is 2.31. The fraction of sp³-hybridized carbons (Fsp3) is 0.714. The molecule has 0 bridgehead atoms. The smallest absolute Gasteiger partial charge is 0.232 e. The van der Waals surface area contributed by atoms with Crippen LogP contribution in [0.5, 0.6) is 0 Å². The number of hydrogen-bond donors (Lipinski definition) is 1. The standard InChI is InChI=1S/C7H14N2OS2Si/c1-13(2,3)12-7-9-4-5(11-7)6(8)10/h5H,4H2,1-3H3,(H2,8,10). The van der Waals surface area contributed by atoms with Gasteiger partial charge < -0.3 is 5.73 Å². The topological polar surface area (TPSA) is 55.4 Å². The fourth-order valence-corrected chi connectivity index (χ4v) is 7.13. The first-order valence-corrected chi connectivity index (χ1v) is 10.00. The van der Waals surface area contributed by atoms with E-state index in [1.807, 2.05) is 11.2 Å². The van der Waals surface area contributed by atoms with Gasteiger partial charge in [-0.15, -0.1) is 11.2 Å². The number of aliphatic imine (C=N–C) groups is 1. The Morgan fingerprint density at radius 2 is 2.31 bits per heavy atom. The highest BCUT2D eigenvalue weighted by molar-refractivity contribution is 8.52. The summed E-state index contributed by atoms with van der Waals surface area (Å²) in [6.07, 6.45) is 0. The SMILES string of the molecule is C[Si](C)(C)SC1=NCC(C(N)=O)S1. The first kappa shape index (κ1) is 11.1. The van der Waals surface area contributed by atoms with Gasteiger partial charge in [-0.1, -0.05) is 31.4 Å². The zero-order chi connectivity index (χ0) is 10.1. The molecule has 0 aromatic carbocycles. The molecule has 74 valence electrons. The third-order valence-corrected chi connectivity index (χ3v) is 6.65. The molecule has 0 spiro atoms. The van der Waals surface area contributed by atoms with E-state index in [1.54, 1.807) is 0 Å². The van der Waals surface area contributed by atoms with Crippen LogP contribution in [-0.2, 0) is 4.79 Å². The Hall–Kier alpha value is 0.0569. The zero-order valence-corrected chi connectivity index (χ0v) is 10.7. The van der Waals surface area contributed by atoms with E-state index < -0.39 is 7.22 Å². The van der Waals surface area contributed by atoms with Crippen molar-refractivity contribution in [2.45, 2.75) is 24.9 Å². The van der Waals surface area contributed by atoms with Crippen LogP contribution < -0.4 is 5.73 Å². The number of nitrogens with two attached hydrogens (primary N) is 1. The van der Waals surface area contributed by atoms with Gasteiger partial charge in [0.05, 0.1) is 6.54 Å². The van der Waals surface area contributed by atoms with Gasteiger partial charge in [0.1, 0.15) is 16.8 Å². The van der Waals surface area contributed by atoms with Gasteiger partial charge in [-0.2, -0.15) is 0 Å². The predicted molar refractivity (Wildman–Crippen MR) is 63.8 cm³/mol. The maximum Gasteiger partial charge on any atom is 0.232 e. The predicted octanol–water partition coefficient (Wildman–Crippen LogP) is 1.51. The van der Waals surface area contributed by atoms with Crippen molar-refractivity contribution in [2.24, 2.45) is 10.7 Å². The van der Waals surface area contributed by atoms with Crippen LogP contribution in [-0.4, -0.2) is 29.3 Å². The van der Waals surface area contributed by atoms with Crippen molar-refractivity contribution in [3.63, 3.8) is 0 Å². The summed E-state index contributed by atoms with van der Waals surface area (Å²) in [6.45, 7) is 7.35. The minimum atomic E-state index is -1.17. The monoisotopic (exact) mass is 234 g/mol. The van der Waals surface area contributed by atoms with Crippen LogP contribution in [0.25, 0.3) is 0 Å². The molecule has 0 saturated carbocycles. The molecular formula is C7H14N2OS2Si. The number of rotatable bonds is 2. The maximum absolute atomic E-state index is 10.8. The third-order valence-electron chi connectivity index (χ3n) is 1.34. The molecular weight excluding hydrogens is 220 g/mol. The van der Waals surface area contributed by atoms with Gasteiger partial charge in [0.15, 0.2) is 0 Å². The molecule has 1 heterocycles. The minimum Gasteiger partial charge on any atom is -0.369 e. The second-order valence-electron chi connectivity index (χ2n) is 3.83. The van der Waals surface area contributed by atoms with E-state index in [9.17, 15) is 4.79 Å². The van der Waals surface area contributed by atoms with Gasteiger partial charge in [-0.05, 0) is 0 Å². The van der Waals surface area contributed by atoms with Gasteiger partial charge in [-0.25, -0.2) is 0 Å². The molecule has 6 heteroatoms. The summed E-state index contributed by atoms with van der Waals surface area (Å²) in [6, 6.07) is 0. The number of nitrogens with zero attached hydrogens (tertiary/aromatic N) is 1. The lowest BCUT2D eigenvalue weighted by atomic mass is 10.4. The normalized spacial score (nSPS) is 23.0. The van der Waals surface area contributed by atoms with E-state index in [2.05, 4.69) is 24.6 Å². The van der Waals surface area contributed by atoms with E-state index in [0.717, 1.165) is 4.38 Å². The molecule has 1 unspecified atom stereocenters. The van der Waals surface area contributed by atoms with Crippen molar-refractivity contribution >= 4 is 40.5 Å². The highest BCUT2D eigenvalue weighted by atomic mass is 32.4. The number of carbonyl (C=O) groups is 1. The molecule has 0 aromatic rings. The molecule has 2 N–H and O–H groups in total. The van der Waals surface area contributed by atoms with Crippen molar-refractivity contribution in [3.05, 3.63) is 0 Å². The summed E-state index contributed by atoms with van der Waals surface area (Å²) in [5.74, 6) is -0.250. The molecule has 0 fully saturated rings. The number of hydrogen-bond acceptors (Lipinski definition) is 4. The van der Waals surface area contributed by atoms with Gasteiger partial charge in [0.2, 0.25) is 5.91 Å². The summed E-state index contributed by atoms with van der Waals surface area (Å²) in [4.78, 5) is 15.1. The molecule has 3 nitrogen and oxygen atoms in total. The molecule has 1 rings (SSSR count). The Kier molecular flexibility index (Phi) is 3.48. The molecule has 1 aliphatic heterocycles. The summed E-state index contributed by atoms with van der Waals surface area (Å²) >= 11 is 3.35. The molecule has 0 aliphatic carbocycles. The Morgan fingerprint density at radius 1 is 1.69 bits per heavy atom. The number of primary amides is 1. The maximum atomic E-state index is 10.8. The Morgan fingerprint density at radius 3 is 2.69 bits per heavy atom. The first-order chi connectivity index (χ1) is 5.88. The van der Waals surface area contributed by atoms with E-state index >= 15 is 0 Å². The number of thioether (sulfide) groups is 1. The lowest BCUT2D eigenvalue weighted by Gasteiger charge is -2.14. The van der Waals surface area contributed by atoms with E-state index in [-0.39, 0.29) is 11.2 Å². The van der Waals surface area contributed by atoms with Crippen LogP contribution in [0.1, 0.15) is 0 Å². The average molecular weight is 234 g/mol. The minimum absolute atomic E-state index is 0.126. The molecule has 0 saturated heterocycles. The first-order valence-electron chi connectivity index (χ1n) is 4.08. The lowest BCUT2D eigenvalue weighted by Crippen LogP contribution is -2.26. The van der Waals surface area contributed by atoms with Crippen molar-refractivity contribution in [3.8, 4) is 0 Å². The van der Waals surface area contributed by atoms with Crippen LogP contribution in [0, 0.1) is 0 Å². The van der Waals surface area contributed by atoms with Gasteiger partial charge >= 0.3 is 0 Å². The summed E-state index contributed by atoms with van der Waals surface area (Å²) in [5.41, 5.74) is 5.19. The van der Waals surface area contributed by atoms with Gasteiger partial charge in [-0.3, -0.25) is 9.79 Å². The molecule has 0 aromatic heterocycles. The van der Waals surface area contributed by atoms with Crippen LogP contribution in [0.15, 0.2) is 4.99 Å². The van der Waals surface area contributed by atoms with Crippen molar-refractivity contribution in [2.75, 3.05) is 6.54 Å². The van der Waals surface area contributed by atoms with Crippen molar-refractivity contribution in [1.29, 1.82) is 0 Å². The van der Waals surface area contributed by atoms with Crippen LogP contribution in [0.3, 0.4) is 0 Å². The number of amides is 1. The second kappa shape index (κ2) is 4.06. The van der Waals surface area contributed by atoms with Gasteiger partial charge in [0.25, 0.3) is 0 Å². The summed E-state index contributed by atoms with van der Waals surface area (Å²) < 4.78 is 1.04. The van der Waals surface area contributed by atoms with Crippen LogP contribution in [0.2, 0.25) is 19.6 Å². The van der Waals surface area contributed by atoms with E-state index in [4.69, 9.17) is 5.73 Å². The second-order valence-corrected chi connectivity index (χ2v) is 14.4. The Labute approximate surface area is 87.6 Å². The zero-order valence-electron chi connectivity index (χ0n) is 8.03. The highest BCUT2D eigenvalue weighted by Crippen LogP contribution is 2.33. The van der Waals surface area contributed by atoms with E-state index in [0.29, 0.717) is 6.54 Å². The summed E-state index contributed by atoms with van der Waals surface area (Å²) in [5, 5.41) is -0.126. The largest absolute Gasteiger partial charge is 0.369 e. The molecule has 0 radical (unpaired) electrons.